The molecule has 1 aliphatic heterocycles. The molecule has 6 nitrogen and oxygen atoms in total. The van der Waals surface area contributed by atoms with E-state index >= 15 is 0 Å². The zero-order valence-electron chi connectivity index (χ0n) is 17.5. The van der Waals surface area contributed by atoms with Crippen LogP contribution in [0.25, 0.3) is 0 Å². The first-order chi connectivity index (χ1) is 14.2. The highest BCUT2D eigenvalue weighted by molar-refractivity contribution is 7.09. The van der Waals surface area contributed by atoms with Crippen LogP contribution >= 0.6 is 11.5 Å². The molecule has 0 aliphatic carbocycles. The van der Waals surface area contributed by atoms with Crippen molar-refractivity contribution in [2.75, 3.05) is 44.2 Å². The summed E-state index contributed by atoms with van der Waals surface area (Å²) in [6, 6.07) is 10.4. The normalized spacial score (nSPS) is 14.9. The molecule has 7 heteroatoms. The third kappa shape index (κ3) is 7.40. The number of hydrogen-bond donors (Lipinski definition) is 1. The second kappa shape index (κ2) is 11.9. The number of piperazine rings is 1. The number of aromatic nitrogens is 2. The van der Waals surface area contributed by atoms with Crippen LogP contribution in [0.4, 0.5) is 5.13 Å². The molecule has 0 spiro atoms. The number of nitrogens with zero attached hydrogens (tertiary/aromatic N) is 4. The minimum atomic E-state index is 0.194. The topological polar surface area (TPSA) is 61.4 Å². The Hall–Kier alpha value is -1.99. The summed E-state index contributed by atoms with van der Waals surface area (Å²) in [5, 5.41) is 4.09. The molecule has 1 aromatic carbocycles. The Bertz CT molecular complexity index is 728. The molecule has 0 radical (unpaired) electrons. The molecule has 158 valence electrons. The molecule has 2 aromatic rings. The zero-order chi connectivity index (χ0) is 20.3. The average Bonchev–Trinajstić information content (AvgIpc) is 3.21. The average molecular weight is 416 g/mol. The van der Waals surface area contributed by atoms with Gasteiger partial charge in [0.15, 0.2) is 0 Å². The lowest BCUT2D eigenvalue weighted by atomic mass is 10.1. The van der Waals surface area contributed by atoms with Crippen molar-refractivity contribution in [2.45, 2.75) is 45.4 Å². The first-order valence-corrected chi connectivity index (χ1v) is 11.6. The standard InChI is InChI=1S/C22H33N5OS/c1-2-3-4-8-11-21(28)23-12-13-26-14-16-27(17-15-26)22-24-20(25-29-22)18-19-9-6-5-7-10-19/h5-7,9-10H,2-4,8,11-18H2,1H3,(H,23,28). The Balaban J connectivity index is 1.33. The second-order valence-corrected chi connectivity index (χ2v) is 8.38. The van der Waals surface area contributed by atoms with Gasteiger partial charge in [0.25, 0.3) is 0 Å². The SMILES string of the molecule is CCCCCCC(=O)NCCN1CCN(c2nc(Cc3ccccc3)ns2)CC1. The summed E-state index contributed by atoms with van der Waals surface area (Å²) in [5.74, 6) is 1.10. The Morgan fingerprint density at radius 3 is 2.66 bits per heavy atom. The second-order valence-electron chi connectivity index (χ2n) is 7.64. The van der Waals surface area contributed by atoms with Gasteiger partial charge >= 0.3 is 0 Å². The van der Waals surface area contributed by atoms with Gasteiger partial charge in [0, 0.05) is 63.6 Å². The monoisotopic (exact) mass is 415 g/mol. The number of hydrogen-bond acceptors (Lipinski definition) is 6. The van der Waals surface area contributed by atoms with Gasteiger partial charge in [-0.25, -0.2) is 4.98 Å². The summed E-state index contributed by atoms with van der Waals surface area (Å²) >= 11 is 1.50. The fraction of sp³-hybridized carbons (Fsp3) is 0.591. The molecular formula is C22H33N5OS. The number of unbranched alkanes of at least 4 members (excludes halogenated alkanes) is 3. The molecule has 2 heterocycles. The molecule has 3 rings (SSSR count). The van der Waals surface area contributed by atoms with Crippen LogP contribution in [0, 0.1) is 0 Å². The summed E-state index contributed by atoms with van der Waals surface area (Å²) < 4.78 is 4.54. The molecule has 29 heavy (non-hydrogen) atoms. The maximum atomic E-state index is 11.9. The van der Waals surface area contributed by atoms with E-state index in [-0.39, 0.29) is 5.91 Å². The van der Waals surface area contributed by atoms with Gasteiger partial charge in [-0.1, -0.05) is 56.5 Å². The first kappa shape index (κ1) is 21.7. The van der Waals surface area contributed by atoms with E-state index in [1.165, 1.54) is 29.9 Å². The lowest BCUT2D eigenvalue weighted by Crippen LogP contribution is -2.48. The van der Waals surface area contributed by atoms with E-state index in [4.69, 9.17) is 4.98 Å². The van der Waals surface area contributed by atoms with Crippen molar-refractivity contribution in [3.8, 4) is 0 Å². The van der Waals surface area contributed by atoms with Crippen molar-refractivity contribution in [3.05, 3.63) is 41.7 Å². The highest BCUT2D eigenvalue weighted by atomic mass is 32.1. The van der Waals surface area contributed by atoms with Crippen LogP contribution in [-0.2, 0) is 11.2 Å². The van der Waals surface area contributed by atoms with E-state index in [1.807, 2.05) is 6.07 Å². The van der Waals surface area contributed by atoms with Crippen molar-refractivity contribution in [1.82, 2.24) is 19.6 Å². The number of carbonyl (C=O) groups excluding carboxylic acids is 1. The fourth-order valence-electron chi connectivity index (χ4n) is 3.54. The summed E-state index contributed by atoms with van der Waals surface area (Å²) in [7, 11) is 0. The smallest absolute Gasteiger partial charge is 0.220 e. The molecular weight excluding hydrogens is 382 g/mol. The van der Waals surface area contributed by atoms with Gasteiger partial charge < -0.3 is 10.2 Å². The van der Waals surface area contributed by atoms with Gasteiger partial charge in [-0.2, -0.15) is 4.37 Å². The molecule has 1 aromatic heterocycles. The van der Waals surface area contributed by atoms with Gasteiger partial charge in [0.1, 0.15) is 5.82 Å². The van der Waals surface area contributed by atoms with Crippen LogP contribution in [-0.4, -0.2) is 59.4 Å². The number of benzene rings is 1. The quantitative estimate of drug-likeness (QED) is 0.571. The number of amides is 1. The maximum Gasteiger partial charge on any atom is 0.220 e. The van der Waals surface area contributed by atoms with E-state index in [0.29, 0.717) is 6.42 Å². The van der Waals surface area contributed by atoms with Crippen molar-refractivity contribution < 1.29 is 4.79 Å². The summed E-state index contributed by atoms with van der Waals surface area (Å²) in [6.07, 6.45) is 6.04. The fourth-order valence-corrected chi connectivity index (χ4v) is 4.28. The first-order valence-electron chi connectivity index (χ1n) is 10.8. The van der Waals surface area contributed by atoms with Gasteiger partial charge in [0.05, 0.1) is 0 Å². The summed E-state index contributed by atoms with van der Waals surface area (Å²) in [6.45, 7) is 7.78. The summed E-state index contributed by atoms with van der Waals surface area (Å²) in [4.78, 5) is 21.4. The van der Waals surface area contributed by atoms with Crippen LogP contribution < -0.4 is 10.2 Å². The third-order valence-corrected chi connectivity index (χ3v) is 6.13. The highest BCUT2D eigenvalue weighted by Gasteiger charge is 2.20. The van der Waals surface area contributed by atoms with Crippen LogP contribution in [0.1, 0.15) is 50.4 Å². The van der Waals surface area contributed by atoms with Crippen LogP contribution in [0.15, 0.2) is 30.3 Å². The largest absolute Gasteiger partial charge is 0.355 e. The van der Waals surface area contributed by atoms with Crippen molar-refractivity contribution >= 4 is 22.6 Å². The van der Waals surface area contributed by atoms with Crippen molar-refractivity contribution in [2.24, 2.45) is 0 Å². The minimum absolute atomic E-state index is 0.194. The molecule has 1 N–H and O–H groups in total. The van der Waals surface area contributed by atoms with Gasteiger partial charge in [0.2, 0.25) is 11.0 Å². The van der Waals surface area contributed by atoms with Crippen molar-refractivity contribution in [3.63, 3.8) is 0 Å². The lowest BCUT2D eigenvalue weighted by molar-refractivity contribution is -0.121. The van der Waals surface area contributed by atoms with Crippen molar-refractivity contribution in [1.29, 1.82) is 0 Å². The Labute approximate surface area is 178 Å². The van der Waals surface area contributed by atoms with Crippen LogP contribution in [0.5, 0.6) is 0 Å². The van der Waals surface area contributed by atoms with E-state index in [9.17, 15) is 4.79 Å². The van der Waals surface area contributed by atoms with E-state index < -0.39 is 0 Å². The van der Waals surface area contributed by atoms with Crippen LogP contribution in [0.3, 0.4) is 0 Å². The van der Waals surface area contributed by atoms with Gasteiger partial charge in [-0.3, -0.25) is 9.69 Å². The number of rotatable bonds is 11. The van der Waals surface area contributed by atoms with E-state index in [0.717, 1.165) is 69.5 Å². The Kier molecular flexibility index (Phi) is 8.89. The highest BCUT2D eigenvalue weighted by Crippen LogP contribution is 2.20. The number of carbonyl (C=O) groups is 1. The van der Waals surface area contributed by atoms with Crippen LogP contribution in [0.2, 0.25) is 0 Å². The Morgan fingerprint density at radius 2 is 1.90 bits per heavy atom. The molecule has 1 amide bonds. The third-order valence-electron chi connectivity index (χ3n) is 5.31. The molecule has 1 aliphatic rings. The van der Waals surface area contributed by atoms with Gasteiger partial charge in [-0.05, 0) is 12.0 Å². The predicted octanol–water partition coefficient (Wildman–Crippen LogP) is 3.34. The molecule has 0 saturated carbocycles. The zero-order valence-corrected chi connectivity index (χ0v) is 18.3. The molecule has 0 atom stereocenters. The van der Waals surface area contributed by atoms with E-state index in [2.05, 4.69) is 50.7 Å². The number of anilines is 1. The summed E-state index contributed by atoms with van der Waals surface area (Å²) in [5.41, 5.74) is 1.24. The Morgan fingerprint density at radius 1 is 1.10 bits per heavy atom. The molecule has 0 unspecified atom stereocenters. The lowest BCUT2D eigenvalue weighted by Gasteiger charge is -2.34. The molecule has 0 bridgehead atoms. The number of nitrogens with one attached hydrogen (secondary N) is 1. The predicted molar refractivity (Wildman–Crippen MR) is 120 cm³/mol. The molecule has 1 fully saturated rings. The van der Waals surface area contributed by atoms with Gasteiger partial charge in [-0.15, -0.1) is 0 Å². The minimum Gasteiger partial charge on any atom is -0.355 e. The van der Waals surface area contributed by atoms with E-state index in [1.54, 1.807) is 0 Å². The maximum absolute atomic E-state index is 11.9. The molecule has 1 saturated heterocycles.